The van der Waals surface area contributed by atoms with Gasteiger partial charge in [0.1, 0.15) is 34.6 Å². The van der Waals surface area contributed by atoms with E-state index >= 15 is 0 Å². The molecule has 0 radical (unpaired) electrons. The predicted molar refractivity (Wildman–Crippen MR) is 109 cm³/mol. The van der Waals surface area contributed by atoms with E-state index < -0.39 is 0 Å². The van der Waals surface area contributed by atoms with E-state index in [1.165, 1.54) is 24.3 Å². The number of benzene rings is 4. The summed E-state index contributed by atoms with van der Waals surface area (Å²) in [4.78, 5) is 0. The van der Waals surface area contributed by atoms with Crippen LogP contribution in [0.5, 0.6) is 23.0 Å². The van der Waals surface area contributed by atoms with Gasteiger partial charge in [0.25, 0.3) is 6.71 Å². The molecule has 4 aromatic carbocycles. The van der Waals surface area contributed by atoms with Gasteiger partial charge >= 0.3 is 0 Å². The van der Waals surface area contributed by atoms with Crippen LogP contribution in [0.2, 0.25) is 0 Å². The quantitative estimate of drug-likeness (QED) is 0.394. The largest absolute Gasteiger partial charge is 0.458 e. The summed E-state index contributed by atoms with van der Waals surface area (Å²) in [5, 5.41) is 0. The van der Waals surface area contributed by atoms with Crippen LogP contribution < -0.4 is 25.9 Å². The molecule has 2 nitrogen and oxygen atoms in total. The van der Waals surface area contributed by atoms with Crippen molar-refractivity contribution in [1.29, 1.82) is 0 Å². The van der Waals surface area contributed by atoms with Crippen molar-refractivity contribution in [3.8, 4) is 34.1 Å². The maximum Gasteiger partial charge on any atom is 0.260 e. The molecule has 2 aliphatic heterocycles. The van der Waals surface area contributed by atoms with Crippen molar-refractivity contribution in [2.24, 2.45) is 0 Å². The van der Waals surface area contributed by atoms with Crippen LogP contribution in [-0.2, 0) is 0 Å². The van der Waals surface area contributed by atoms with Gasteiger partial charge < -0.3 is 9.47 Å². The highest BCUT2D eigenvalue weighted by Crippen LogP contribution is 2.38. The molecular weight excluding hydrogens is 369 g/mol. The maximum absolute atomic E-state index is 13.9. The number of rotatable bonds is 1. The predicted octanol–water partition coefficient (Wildman–Crippen LogP) is 4.36. The van der Waals surface area contributed by atoms with Crippen LogP contribution in [0.15, 0.2) is 78.9 Å². The Kier molecular flexibility index (Phi) is 3.36. The summed E-state index contributed by atoms with van der Waals surface area (Å²) in [6, 6.07) is 22.9. The van der Waals surface area contributed by atoms with E-state index in [1.807, 2.05) is 42.5 Å². The SMILES string of the molecule is Fc1ccc2c(c1)Oc1cc(-c3ccccc3)cc3c1B2c1ccc(F)cc1O3. The van der Waals surface area contributed by atoms with Crippen LogP contribution in [-0.4, -0.2) is 6.71 Å². The first-order valence-electron chi connectivity index (χ1n) is 9.35. The molecule has 138 valence electrons. The standard InChI is InChI=1S/C24H13BF2O2/c26-16-6-8-18-20(12-16)28-22-10-15(14-4-2-1-3-5-14)11-23-24(22)25(18)19-9-7-17(27)13-21(19)29-23/h1-13H. The van der Waals surface area contributed by atoms with Gasteiger partial charge in [-0.05, 0) is 46.3 Å². The van der Waals surface area contributed by atoms with Crippen LogP contribution in [0.1, 0.15) is 0 Å². The van der Waals surface area contributed by atoms with Crippen molar-refractivity contribution >= 4 is 23.1 Å². The van der Waals surface area contributed by atoms with E-state index in [2.05, 4.69) is 0 Å². The topological polar surface area (TPSA) is 18.5 Å². The minimum Gasteiger partial charge on any atom is -0.458 e. The molecule has 5 heteroatoms. The molecule has 0 unspecified atom stereocenters. The van der Waals surface area contributed by atoms with Gasteiger partial charge in [-0.1, -0.05) is 42.5 Å². The summed E-state index contributed by atoms with van der Waals surface area (Å²) in [7, 11) is 0. The fourth-order valence-electron chi connectivity index (χ4n) is 4.24. The van der Waals surface area contributed by atoms with Crippen LogP contribution in [0, 0.1) is 11.6 Å². The van der Waals surface area contributed by atoms with Crippen molar-refractivity contribution in [3.63, 3.8) is 0 Å². The van der Waals surface area contributed by atoms with Crippen LogP contribution >= 0.6 is 0 Å². The highest BCUT2D eigenvalue weighted by molar-refractivity contribution is 6.98. The molecule has 0 fully saturated rings. The summed E-state index contributed by atoms with van der Waals surface area (Å²) in [5.41, 5.74) is 4.47. The number of halogens is 2. The van der Waals surface area contributed by atoms with Crippen LogP contribution in [0.4, 0.5) is 8.78 Å². The second-order valence-corrected chi connectivity index (χ2v) is 7.25. The molecule has 4 aromatic rings. The minimum atomic E-state index is -0.363. The molecule has 0 saturated heterocycles. The van der Waals surface area contributed by atoms with Gasteiger partial charge in [-0.25, -0.2) is 8.78 Å². The van der Waals surface area contributed by atoms with Crippen molar-refractivity contribution in [2.45, 2.75) is 0 Å². The lowest BCUT2D eigenvalue weighted by molar-refractivity contribution is 0.460. The second kappa shape index (κ2) is 5.95. The van der Waals surface area contributed by atoms with Crippen molar-refractivity contribution in [2.75, 3.05) is 0 Å². The molecule has 0 N–H and O–H groups in total. The third-order valence-electron chi connectivity index (χ3n) is 5.51. The summed E-state index contributed by atoms with van der Waals surface area (Å²) in [5.74, 6) is 1.46. The zero-order chi connectivity index (χ0) is 19.5. The van der Waals surface area contributed by atoms with E-state index in [0.29, 0.717) is 23.0 Å². The van der Waals surface area contributed by atoms with Gasteiger partial charge in [-0.15, -0.1) is 0 Å². The smallest absolute Gasteiger partial charge is 0.260 e. The Morgan fingerprint density at radius 2 is 1.10 bits per heavy atom. The van der Waals surface area contributed by atoms with Gasteiger partial charge in [-0.3, -0.25) is 0 Å². The molecule has 29 heavy (non-hydrogen) atoms. The molecule has 0 atom stereocenters. The highest BCUT2D eigenvalue weighted by atomic mass is 19.1. The molecule has 2 aliphatic rings. The first-order valence-corrected chi connectivity index (χ1v) is 9.35. The molecule has 0 amide bonds. The monoisotopic (exact) mass is 382 g/mol. The lowest BCUT2D eigenvalue weighted by Gasteiger charge is -2.33. The van der Waals surface area contributed by atoms with E-state index in [0.717, 1.165) is 27.5 Å². The van der Waals surface area contributed by atoms with E-state index in [-0.39, 0.29) is 18.3 Å². The maximum atomic E-state index is 13.9. The van der Waals surface area contributed by atoms with E-state index in [4.69, 9.17) is 9.47 Å². The van der Waals surface area contributed by atoms with Crippen LogP contribution in [0.25, 0.3) is 11.1 Å². The molecule has 0 saturated carbocycles. The molecule has 0 bridgehead atoms. The highest BCUT2D eigenvalue weighted by Gasteiger charge is 2.40. The van der Waals surface area contributed by atoms with Gasteiger partial charge in [-0.2, -0.15) is 0 Å². The average molecular weight is 382 g/mol. The number of fused-ring (bicyclic) bond motifs is 4. The van der Waals surface area contributed by atoms with Gasteiger partial charge in [0.15, 0.2) is 0 Å². The van der Waals surface area contributed by atoms with Gasteiger partial charge in [0.05, 0.1) is 0 Å². The third-order valence-corrected chi connectivity index (χ3v) is 5.51. The first kappa shape index (κ1) is 16.4. The molecule has 0 aromatic heterocycles. The molecule has 0 aliphatic carbocycles. The summed E-state index contributed by atoms with van der Waals surface area (Å²) in [6.07, 6.45) is 0. The Hall–Kier alpha value is -3.60. The van der Waals surface area contributed by atoms with Crippen molar-refractivity contribution < 1.29 is 18.3 Å². The fraction of sp³-hybridized carbons (Fsp3) is 0. The number of ether oxygens (including phenoxy) is 2. The second-order valence-electron chi connectivity index (χ2n) is 7.25. The molecular formula is C24H13BF2O2. The first-order chi connectivity index (χ1) is 14.2. The van der Waals surface area contributed by atoms with E-state index in [1.54, 1.807) is 12.1 Å². The normalized spacial score (nSPS) is 13.0. The van der Waals surface area contributed by atoms with Crippen molar-refractivity contribution in [1.82, 2.24) is 0 Å². The number of hydrogen-bond donors (Lipinski definition) is 0. The lowest BCUT2D eigenvalue weighted by Crippen LogP contribution is -2.57. The third kappa shape index (κ3) is 2.47. The molecule has 6 rings (SSSR count). The Balaban J connectivity index is 1.64. The Morgan fingerprint density at radius 3 is 1.66 bits per heavy atom. The Labute approximate surface area is 166 Å². The van der Waals surface area contributed by atoms with Gasteiger partial charge in [0.2, 0.25) is 0 Å². The zero-order valence-electron chi connectivity index (χ0n) is 15.2. The zero-order valence-corrected chi connectivity index (χ0v) is 15.2. The van der Waals surface area contributed by atoms with Crippen LogP contribution in [0.3, 0.4) is 0 Å². The Bertz CT molecular complexity index is 1210. The van der Waals surface area contributed by atoms with Gasteiger partial charge in [0, 0.05) is 17.6 Å². The molecule has 2 heterocycles. The van der Waals surface area contributed by atoms with E-state index in [9.17, 15) is 8.78 Å². The molecule has 0 spiro atoms. The average Bonchev–Trinajstić information content (AvgIpc) is 2.73. The van der Waals surface area contributed by atoms with Crippen molar-refractivity contribution in [3.05, 3.63) is 90.5 Å². The number of hydrogen-bond acceptors (Lipinski definition) is 2. The Morgan fingerprint density at radius 1 is 0.552 bits per heavy atom. The minimum absolute atomic E-state index is 0.210. The summed E-state index contributed by atoms with van der Waals surface area (Å²) >= 11 is 0. The summed E-state index contributed by atoms with van der Waals surface area (Å²) < 4.78 is 40.1. The summed E-state index contributed by atoms with van der Waals surface area (Å²) in [6.45, 7) is -0.210. The lowest BCUT2D eigenvalue weighted by atomic mass is 9.35. The fourth-order valence-corrected chi connectivity index (χ4v) is 4.24.